The number of halogens is 1. The zero-order chi connectivity index (χ0) is 11.5. The number of hydrogen-bond donors (Lipinski definition) is 0. The van der Waals surface area contributed by atoms with E-state index in [9.17, 15) is 13.2 Å². The maximum absolute atomic E-state index is 11.3. The van der Waals surface area contributed by atoms with E-state index in [1.54, 1.807) is 6.92 Å². The van der Waals surface area contributed by atoms with Crippen molar-refractivity contribution in [3.8, 4) is 0 Å². The predicted octanol–water partition coefficient (Wildman–Crippen LogP) is 0.283. The molecular formula is C8H11IN2O3S. The van der Waals surface area contributed by atoms with Gasteiger partial charge >= 0.3 is 0 Å². The number of nitrogens with zero attached hydrogens (tertiary/aromatic N) is 2. The summed E-state index contributed by atoms with van der Waals surface area (Å²) >= 11 is 1.98. The van der Waals surface area contributed by atoms with E-state index in [0.29, 0.717) is 0 Å². The molecule has 0 N–H and O–H groups in total. The largest absolute Gasteiger partial charge is 0.268 e. The Morgan fingerprint density at radius 1 is 1.53 bits per heavy atom. The molecule has 0 aliphatic heterocycles. The van der Waals surface area contributed by atoms with Gasteiger partial charge in [-0.05, 0) is 22.6 Å². The standard InChI is InChI=1S/C8H11IN2O3S/c1-2-15(13,14)4-3-11-8(12)5-7(9)6-10-11/h5-6H,2-4H2,1H3. The van der Waals surface area contributed by atoms with Crippen LogP contribution in [0.3, 0.4) is 0 Å². The summed E-state index contributed by atoms with van der Waals surface area (Å²) < 4.78 is 24.3. The molecule has 0 spiro atoms. The number of sulfone groups is 1. The van der Waals surface area contributed by atoms with Crippen molar-refractivity contribution in [1.29, 1.82) is 0 Å². The highest BCUT2D eigenvalue weighted by atomic mass is 127. The average molecular weight is 342 g/mol. The lowest BCUT2D eigenvalue weighted by Crippen LogP contribution is -2.26. The van der Waals surface area contributed by atoms with Gasteiger partial charge < -0.3 is 0 Å². The lowest BCUT2D eigenvalue weighted by Gasteiger charge is -2.03. The first kappa shape index (κ1) is 12.6. The van der Waals surface area contributed by atoms with Crippen molar-refractivity contribution in [1.82, 2.24) is 9.78 Å². The van der Waals surface area contributed by atoms with Crippen molar-refractivity contribution in [3.05, 3.63) is 26.2 Å². The van der Waals surface area contributed by atoms with E-state index in [0.717, 1.165) is 8.25 Å². The van der Waals surface area contributed by atoms with Gasteiger partial charge in [-0.25, -0.2) is 13.1 Å². The Morgan fingerprint density at radius 3 is 2.73 bits per heavy atom. The summed E-state index contributed by atoms with van der Waals surface area (Å²) in [6.45, 7) is 1.70. The molecule has 0 bridgehead atoms. The van der Waals surface area contributed by atoms with E-state index < -0.39 is 9.84 Å². The van der Waals surface area contributed by atoms with E-state index in [1.807, 2.05) is 22.6 Å². The number of aryl methyl sites for hydroxylation is 1. The molecule has 0 unspecified atom stereocenters. The first-order valence-corrected chi connectivity index (χ1v) is 7.28. The number of hydrogen-bond acceptors (Lipinski definition) is 4. The van der Waals surface area contributed by atoms with Gasteiger partial charge in [-0.1, -0.05) is 6.92 Å². The van der Waals surface area contributed by atoms with Crippen LogP contribution in [0.15, 0.2) is 17.1 Å². The predicted molar refractivity (Wildman–Crippen MR) is 65.5 cm³/mol. The molecule has 84 valence electrons. The van der Waals surface area contributed by atoms with Gasteiger partial charge in [0.05, 0.1) is 18.5 Å². The summed E-state index contributed by atoms with van der Waals surface area (Å²) in [6.07, 6.45) is 1.53. The Balaban J connectivity index is 2.79. The first-order chi connectivity index (χ1) is 6.94. The zero-order valence-electron chi connectivity index (χ0n) is 8.18. The smallest absolute Gasteiger partial charge is 0.267 e. The Hall–Kier alpha value is -0.440. The summed E-state index contributed by atoms with van der Waals surface area (Å²) in [5.74, 6) is 0.0448. The molecule has 5 nitrogen and oxygen atoms in total. The lowest BCUT2D eigenvalue weighted by atomic mass is 10.6. The number of aromatic nitrogens is 2. The molecule has 0 saturated carbocycles. The van der Waals surface area contributed by atoms with E-state index >= 15 is 0 Å². The van der Waals surface area contributed by atoms with Crippen LogP contribution in [0, 0.1) is 3.57 Å². The second-order valence-electron chi connectivity index (χ2n) is 2.97. The maximum atomic E-state index is 11.3. The third kappa shape index (κ3) is 3.90. The molecule has 7 heteroatoms. The van der Waals surface area contributed by atoms with Crippen LogP contribution in [-0.2, 0) is 16.4 Å². The van der Waals surface area contributed by atoms with Gasteiger partial charge in [-0.15, -0.1) is 0 Å². The normalized spacial score (nSPS) is 11.6. The van der Waals surface area contributed by atoms with Gasteiger partial charge in [0.25, 0.3) is 5.56 Å². The van der Waals surface area contributed by atoms with Crippen LogP contribution in [0.5, 0.6) is 0 Å². The third-order valence-corrected chi connectivity index (χ3v) is 4.16. The fraction of sp³-hybridized carbons (Fsp3) is 0.500. The van der Waals surface area contributed by atoms with Gasteiger partial charge in [0.2, 0.25) is 0 Å². The van der Waals surface area contributed by atoms with Crippen LogP contribution in [0.4, 0.5) is 0 Å². The Morgan fingerprint density at radius 2 is 2.20 bits per heavy atom. The summed E-state index contributed by atoms with van der Waals surface area (Å²) in [5.41, 5.74) is -0.270. The maximum Gasteiger partial charge on any atom is 0.267 e. The Bertz CT molecular complexity index is 495. The van der Waals surface area contributed by atoms with Gasteiger partial charge in [0.15, 0.2) is 9.84 Å². The lowest BCUT2D eigenvalue weighted by molar-refractivity contribution is 0.571. The second kappa shape index (κ2) is 5.06. The van der Waals surface area contributed by atoms with Gasteiger partial charge in [-0.3, -0.25) is 4.79 Å². The molecule has 15 heavy (non-hydrogen) atoms. The highest BCUT2D eigenvalue weighted by Gasteiger charge is 2.08. The monoisotopic (exact) mass is 342 g/mol. The minimum Gasteiger partial charge on any atom is -0.268 e. The van der Waals surface area contributed by atoms with Crippen molar-refractivity contribution in [2.24, 2.45) is 0 Å². The summed E-state index contributed by atoms with van der Waals surface area (Å²) in [7, 11) is -3.05. The van der Waals surface area contributed by atoms with Crippen LogP contribution < -0.4 is 5.56 Å². The second-order valence-corrected chi connectivity index (χ2v) is 6.69. The summed E-state index contributed by atoms with van der Waals surface area (Å²) in [4.78, 5) is 11.3. The van der Waals surface area contributed by atoms with Crippen LogP contribution in [0.1, 0.15) is 6.92 Å². The highest BCUT2D eigenvalue weighted by molar-refractivity contribution is 14.1. The molecule has 0 saturated heterocycles. The molecule has 0 fully saturated rings. The van der Waals surface area contributed by atoms with Crippen LogP contribution in [-0.4, -0.2) is 29.7 Å². The molecule has 0 amide bonds. The number of rotatable bonds is 4. The van der Waals surface area contributed by atoms with Crippen LogP contribution in [0.25, 0.3) is 0 Å². The average Bonchev–Trinajstić information content (AvgIpc) is 2.16. The van der Waals surface area contributed by atoms with Crippen molar-refractivity contribution >= 4 is 32.4 Å². The first-order valence-electron chi connectivity index (χ1n) is 4.37. The van der Waals surface area contributed by atoms with Gasteiger partial charge in [-0.2, -0.15) is 5.10 Å². The molecule has 0 aliphatic carbocycles. The highest BCUT2D eigenvalue weighted by Crippen LogP contribution is 1.96. The molecule has 0 aromatic carbocycles. The summed E-state index contributed by atoms with van der Waals surface area (Å²) in [5, 5.41) is 3.85. The van der Waals surface area contributed by atoms with Crippen molar-refractivity contribution in [2.45, 2.75) is 13.5 Å². The molecule has 0 aliphatic rings. The molecule has 1 rings (SSSR count). The van der Waals surface area contributed by atoms with E-state index in [-0.39, 0.29) is 23.6 Å². The van der Waals surface area contributed by atoms with E-state index in [1.165, 1.54) is 12.3 Å². The van der Waals surface area contributed by atoms with Crippen molar-refractivity contribution in [2.75, 3.05) is 11.5 Å². The van der Waals surface area contributed by atoms with Gasteiger partial charge in [0.1, 0.15) is 0 Å². The molecular weight excluding hydrogens is 331 g/mol. The zero-order valence-corrected chi connectivity index (χ0v) is 11.2. The SMILES string of the molecule is CCS(=O)(=O)CCn1ncc(I)cc1=O. The fourth-order valence-corrected chi connectivity index (χ4v) is 2.08. The Kier molecular flexibility index (Phi) is 4.26. The van der Waals surface area contributed by atoms with Crippen molar-refractivity contribution in [3.63, 3.8) is 0 Å². The van der Waals surface area contributed by atoms with E-state index in [4.69, 9.17) is 0 Å². The molecule has 1 aromatic rings. The minimum atomic E-state index is -3.05. The van der Waals surface area contributed by atoms with Gasteiger partial charge in [0, 0.05) is 15.4 Å². The Labute approximate surface area is 102 Å². The van der Waals surface area contributed by atoms with Crippen LogP contribution in [0.2, 0.25) is 0 Å². The third-order valence-electron chi connectivity index (χ3n) is 1.89. The molecule has 1 heterocycles. The molecule has 0 atom stereocenters. The van der Waals surface area contributed by atoms with Crippen molar-refractivity contribution < 1.29 is 8.42 Å². The van der Waals surface area contributed by atoms with Crippen LogP contribution >= 0.6 is 22.6 Å². The van der Waals surface area contributed by atoms with E-state index in [2.05, 4.69) is 5.10 Å². The molecule has 0 radical (unpaired) electrons. The summed E-state index contributed by atoms with van der Waals surface area (Å²) in [6, 6.07) is 1.42. The molecule has 1 aromatic heterocycles. The minimum absolute atomic E-state index is 0.0446. The fourth-order valence-electron chi connectivity index (χ4n) is 0.949. The topological polar surface area (TPSA) is 69.0 Å². The quantitative estimate of drug-likeness (QED) is 0.738.